The monoisotopic (exact) mass is 877 g/mol. The Kier molecular flexibility index (Phi) is 14.8. The molecular formula is C48H80N2O12. The molecule has 0 radical (unpaired) electrons. The molecule has 0 aromatic rings. The number of urea groups is 1. The number of rotatable bonds is 16. The first-order valence-corrected chi connectivity index (χ1v) is 23.9. The Hall–Kier alpha value is -2.17. The van der Waals surface area contributed by atoms with Crippen LogP contribution in [0.1, 0.15) is 146 Å². The fourth-order valence-electron chi connectivity index (χ4n) is 12.4. The highest BCUT2D eigenvalue weighted by atomic mass is 16.8. The van der Waals surface area contributed by atoms with E-state index in [9.17, 15) is 29.7 Å². The van der Waals surface area contributed by atoms with Crippen LogP contribution in [0.2, 0.25) is 0 Å². The topological polar surface area (TPSA) is 191 Å². The molecule has 0 bridgehead atoms. The molecular weight excluding hydrogens is 797 g/mol. The van der Waals surface area contributed by atoms with Crippen LogP contribution in [0.15, 0.2) is 12.2 Å². The number of aliphatic hydroxyl groups excluding tert-OH is 1. The number of carboxylic acids is 1. The number of carbonyl (C=O) groups is 3. The van der Waals surface area contributed by atoms with Crippen LogP contribution in [-0.4, -0.2) is 118 Å². The van der Waals surface area contributed by atoms with Crippen LogP contribution in [-0.2, 0) is 38.0 Å². The van der Waals surface area contributed by atoms with Gasteiger partial charge in [0.15, 0.2) is 11.6 Å². The molecule has 62 heavy (non-hydrogen) atoms. The molecule has 5 N–H and O–H groups in total. The molecule has 354 valence electrons. The van der Waals surface area contributed by atoms with Gasteiger partial charge in [-0.3, -0.25) is 9.59 Å². The fourth-order valence-corrected chi connectivity index (χ4v) is 12.4. The number of carboxylic acid groups (broad SMARTS) is 1. The molecule has 5 heterocycles. The van der Waals surface area contributed by atoms with Gasteiger partial charge in [0, 0.05) is 49.9 Å². The summed E-state index contributed by atoms with van der Waals surface area (Å²) in [7, 11) is 1.62. The van der Waals surface area contributed by atoms with Gasteiger partial charge in [0.25, 0.3) is 0 Å². The van der Waals surface area contributed by atoms with E-state index in [0.717, 1.165) is 6.42 Å². The normalized spacial score (nSPS) is 44.8. The Labute approximate surface area is 370 Å². The van der Waals surface area contributed by atoms with Crippen molar-refractivity contribution in [2.75, 3.05) is 20.3 Å². The lowest BCUT2D eigenvalue weighted by Gasteiger charge is -2.55. The number of ether oxygens (including phenoxy) is 6. The molecule has 14 nitrogen and oxygen atoms in total. The number of carbonyl (C=O) groups excluding carboxylic acids is 2. The van der Waals surface area contributed by atoms with E-state index in [-0.39, 0.29) is 35.7 Å². The SMILES string of the molecule is CCC(C(=O)[C@@H](C)[C@@H](O)C1(C)C[C@]12O[C@@H]([C@@H](CC)C(=O)O)CC[C@@H]2C)[C@H]1O[C@]2(C=CC(NC(=O)NCCCOC)[C@]3(CC[C@@](C)([C@H]4CC[C@](O)(CC)[C@H](C)O4)O3)O2)[C@H](C)C[C@@H]1C. The van der Waals surface area contributed by atoms with Gasteiger partial charge in [-0.15, -0.1) is 0 Å². The molecule has 4 saturated heterocycles. The molecule has 1 aliphatic carbocycles. The van der Waals surface area contributed by atoms with Gasteiger partial charge in [0.2, 0.25) is 0 Å². The van der Waals surface area contributed by atoms with Crippen LogP contribution < -0.4 is 10.6 Å². The summed E-state index contributed by atoms with van der Waals surface area (Å²) in [4.78, 5) is 40.3. The van der Waals surface area contributed by atoms with E-state index in [1.165, 1.54) is 0 Å². The Morgan fingerprint density at radius 2 is 1.65 bits per heavy atom. The van der Waals surface area contributed by atoms with Gasteiger partial charge in [0.1, 0.15) is 11.8 Å². The average molecular weight is 877 g/mol. The lowest BCUT2D eigenvalue weighted by Crippen LogP contribution is -2.66. The van der Waals surface area contributed by atoms with Crippen molar-refractivity contribution in [1.29, 1.82) is 0 Å². The predicted molar refractivity (Wildman–Crippen MR) is 232 cm³/mol. The summed E-state index contributed by atoms with van der Waals surface area (Å²) in [5, 5.41) is 39.4. The van der Waals surface area contributed by atoms with Crippen molar-refractivity contribution in [1.82, 2.24) is 10.6 Å². The third-order valence-corrected chi connectivity index (χ3v) is 16.8. The largest absolute Gasteiger partial charge is 0.481 e. The fraction of sp³-hybridized carbons (Fsp3) is 0.896. The molecule has 18 atom stereocenters. The first kappa shape index (κ1) is 49.3. The number of methoxy groups -OCH3 is 1. The van der Waals surface area contributed by atoms with Crippen molar-refractivity contribution in [3.63, 3.8) is 0 Å². The lowest BCUT2D eigenvalue weighted by atomic mass is 9.72. The minimum Gasteiger partial charge on any atom is -0.481 e. The van der Waals surface area contributed by atoms with Gasteiger partial charge in [-0.2, -0.15) is 0 Å². The van der Waals surface area contributed by atoms with Crippen molar-refractivity contribution >= 4 is 17.8 Å². The van der Waals surface area contributed by atoms with Crippen LogP contribution in [0.5, 0.6) is 0 Å². The molecule has 3 unspecified atom stereocenters. The van der Waals surface area contributed by atoms with Crippen molar-refractivity contribution in [2.45, 2.75) is 211 Å². The number of hydrogen-bond donors (Lipinski definition) is 5. The van der Waals surface area contributed by atoms with Crippen molar-refractivity contribution in [3.05, 3.63) is 12.2 Å². The highest BCUT2D eigenvalue weighted by molar-refractivity contribution is 5.84. The van der Waals surface area contributed by atoms with E-state index in [0.29, 0.717) is 83.8 Å². The van der Waals surface area contributed by atoms with Crippen LogP contribution in [0, 0.1) is 40.9 Å². The zero-order chi connectivity index (χ0) is 45.6. The molecule has 6 aliphatic rings. The maximum Gasteiger partial charge on any atom is 0.315 e. The Morgan fingerprint density at radius 3 is 2.27 bits per heavy atom. The maximum absolute atomic E-state index is 14.8. The van der Waals surface area contributed by atoms with Gasteiger partial charge in [-0.1, -0.05) is 61.5 Å². The van der Waals surface area contributed by atoms with Gasteiger partial charge in [-0.25, -0.2) is 4.79 Å². The lowest BCUT2D eigenvalue weighted by molar-refractivity contribution is -0.397. The molecule has 0 aromatic carbocycles. The standard InChI is InChI=1S/C48H80N2O12/c1-12-33(41(53)54)35-17-16-29(5)46(59-35)27-43(46,9)40(52)31(7)38(51)34(13-2)39-28(4)26-30(6)47(60-39)21-18-36(50-42(55)49-24-15-25-57-11)48(62-47)23-22-44(10,61-48)37-19-20-45(56,14-3)32(8)58-37/h18,21,28-37,39-40,52,56H,12-17,19-20,22-27H2,1-11H3,(H,53,54)(H2,49,50,55)/t28-,29-,30+,31+,32-,33+,34?,35+,36?,37+,39-,40+,43?,44-,45+,46+,47-,48-/m0/s1. The molecule has 5 aliphatic heterocycles. The number of Topliss-reactive ketones (excluding diaryl/α,β-unsaturated/α-hetero) is 1. The van der Waals surface area contributed by atoms with E-state index in [1.54, 1.807) is 14.0 Å². The van der Waals surface area contributed by atoms with Gasteiger partial charge in [-0.05, 0) is 102 Å². The zero-order valence-corrected chi connectivity index (χ0v) is 39.5. The first-order valence-electron chi connectivity index (χ1n) is 23.9. The third kappa shape index (κ3) is 8.78. The summed E-state index contributed by atoms with van der Waals surface area (Å²) in [6, 6.07) is -1.05. The average Bonchev–Trinajstić information content (AvgIpc) is 3.69. The minimum atomic E-state index is -1.34. The summed E-state index contributed by atoms with van der Waals surface area (Å²) in [5.41, 5.74) is -3.13. The van der Waals surface area contributed by atoms with E-state index in [1.807, 2.05) is 53.7 Å². The van der Waals surface area contributed by atoms with E-state index in [2.05, 4.69) is 31.4 Å². The smallest absolute Gasteiger partial charge is 0.315 e. The number of hydrogen-bond acceptors (Lipinski definition) is 11. The second kappa shape index (κ2) is 18.6. The summed E-state index contributed by atoms with van der Waals surface area (Å²) in [6.07, 6.45) is 8.17. The van der Waals surface area contributed by atoms with Crippen LogP contribution >= 0.6 is 0 Å². The molecule has 3 spiro atoms. The third-order valence-electron chi connectivity index (χ3n) is 16.8. The highest BCUT2D eigenvalue weighted by Gasteiger charge is 2.74. The summed E-state index contributed by atoms with van der Waals surface area (Å²) < 4.78 is 40.0. The van der Waals surface area contributed by atoms with Gasteiger partial charge < -0.3 is 54.4 Å². The molecule has 6 rings (SSSR count). The van der Waals surface area contributed by atoms with Crippen LogP contribution in [0.4, 0.5) is 4.79 Å². The van der Waals surface area contributed by atoms with E-state index >= 15 is 0 Å². The predicted octanol–water partition coefficient (Wildman–Crippen LogP) is 6.68. The molecule has 2 amide bonds. The number of aliphatic hydroxyl groups is 2. The highest BCUT2D eigenvalue weighted by Crippen LogP contribution is 2.68. The van der Waals surface area contributed by atoms with Crippen LogP contribution in [0.3, 0.4) is 0 Å². The van der Waals surface area contributed by atoms with E-state index in [4.69, 9.17) is 28.4 Å². The van der Waals surface area contributed by atoms with E-state index < -0.39 is 88.0 Å². The van der Waals surface area contributed by atoms with Crippen molar-refractivity contribution in [2.24, 2.45) is 40.9 Å². The zero-order valence-electron chi connectivity index (χ0n) is 39.5. The van der Waals surface area contributed by atoms with Crippen molar-refractivity contribution in [3.8, 4) is 0 Å². The second-order valence-electron chi connectivity index (χ2n) is 20.7. The van der Waals surface area contributed by atoms with Gasteiger partial charge >= 0.3 is 12.0 Å². The quantitative estimate of drug-likeness (QED) is 0.0819. The minimum absolute atomic E-state index is 0.0212. The van der Waals surface area contributed by atoms with Crippen LogP contribution in [0.25, 0.3) is 0 Å². The number of amides is 2. The molecule has 5 fully saturated rings. The molecule has 0 aromatic heterocycles. The Morgan fingerprint density at radius 1 is 0.935 bits per heavy atom. The number of ketones is 1. The maximum atomic E-state index is 14.8. The van der Waals surface area contributed by atoms with Gasteiger partial charge in [0.05, 0.1) is 53.2 Å². The molecule has 14 heteroatoms. The Balaban J connectivity index is 1.24. The number of aliphatic carboxylic acids is 1. The van der Waals surface area contributed by atoms with Crippen molar-refractivity contribution < 1.29 is 58.1 Å². The summed E-state index contributed by atoms with van der Waals surface area (Å²) >= 11 is 0. The second-order valence-corrected chi connectivity index (χ2v) is 20.7. The first-order chi connectivity index (χ1) is 29.1. The number of nitrogens with one attached hydrogen (secondary N) is 2. The Bertz CT molecular complexity index is 1650. The molecule has 1 saturated carbocycles. The summed E-state index contributed by atoms with van der Waals surface area (Å²) in [5.74, 6) is -5.56. The summed E-state index contributed by atoms with van der Waals surface area (Å²) in [6.45, 7) is 20.8.